The molecule has 0 fully saturated rings. The molecule has 0 radical (unpaired) electrons. The number of ether oxygens (including phenoxy) is 1. The van der Waals surface area contributed by atoms with Crippen molar-refractivity contribution >= 4 is 12.0 Å². The first-order chi connectivity index (χ1) is 13.2. The lowest BCUT2D eigenvalue weighted by Gasteiger charge is -2.07. The number of benzene rings is 2. The highest BCUT2D eigenvalue weighted by molar-refractivity contribution is 5.92. The molecule has 0 spiro atoms. The molecule has 0 saturated heterocycles. The smallest absolute Gasteiger partial charge is 0.244 e. The molecule has 3 rings (SSSR count). The summed E-state index contributed by atoms with van der Waals surface area (Å²) < 4.78 is 7.32. The minimum absolute atomic E-state index is 0.145. The Kier molecular flexibility index (Phi) is 6.35. The van der Waals surface area contributed by atoms with E-state index in [1.807, 2.05) is 55.5 Å². The Bertz CT molecular complexity index is 887. The molecule has 0 unspecified atom stereocenters. The van der Waals surface area contributed by atoms with Crippen LogP contribution in [-0.4, -0.2) is 27.3 Å². The molecule has 0 atom stereocenters. The molecule has 0 bridgehead atoms. The molecule has 1 heterocycles. The molecule has 6 heteroatoms. The average molecular weight is 362 g/mol. The van der Waals surface area contributed by atoms with Gasteiger partial charge in [-0.3, -0.25) is 4.79 Å². The number of hydrogen-bond acceptors (Lipinski definition) is 4. The fourth-order valence-corrected chi connectivity index (χ4v) is 2.58. The van der Waals surface area contributed by atoms with Gasteiger partial charge in [0.1, 0.15) is 18.4 Å². The van der Waals surface area contributed by atoms with E-state index in [1.54, 1.807) is 17.1 Å². The molecule has 1 N–H and O–H groups in total. The van der Waals surface area contributed by atoms with Crippen molar-refractivity contribution < 1.29 is 9.53 Å². The van der Waals surface area contributed by atoms with Crippen LogP contribution in [-0.2, 0) is 17.9 Å². The van der Waals surface area contributed by atoms with Crippen LogP contribution in [0.5, 0.6) is 5.75 Å². The van der Waals surface area contributed by atoms with E-state index in [0.717, 1.165) is 22.4 Å². The topological polar surface area (TPSA) is 69.0 Å². The molecule has 0 aliphatic heterocycles. The van der Waals surface area contributed by atoms with Crippen LogP contribution in [0.4, 0.5) is 0 Å². The molecule has 3 aromatic rings. The van der Waals surface area contributed by atoms with E-state index in [2.05, 4.69) is 15.4 Å². The van der Waals surface area contributed by atoms with Crippen LogP contribution in [0, 0.1) is 0 Å². The van der Waals surface area contributed by atoms with Gasteiger partial charge >= 0.3 is 0 Å². The molecular weight excluding hydrogens is 340 g/mol. The SMILES string of the molecule is CCOc1ccccc1/C=C/C(=O)NCc1ccc(Cn2cncn2)cc1. The van der Waals surface area contributed by atoms with Gasteiger partial charge in [-0.05, 0) is 30.2 Å². The normalized spacial score (nSPS) is 10.9. The maximum atomic E-state index is 12.1. The van der Waals surface area contributed by atoms with Crippen molar-refractivity contribution in [2.75, 3.05) is 6.61 Å². The minimum atomic E-state index is -0.145. The second-order valence-electron chi connectivity index (χ2n) is 5.93. The predicted molar refractivity (Wildman–Crippen MR) is 104 cm³/mol. The summed E-state index contributed by atoms with van der Waals surface area (Å²) in [5.41, 5.74) is 3.05. The largest absolute Gasteiger partial charge is 0.493 e. The molecule has 0 aliphatic carbocycles. The number of nitrogens with one attached hydrogen (secondary N) is 1. The first kappa shape index (κ1) is 18.4. The molecule has 27 heavy (non-hydrogen) atoms. The van der Waals surface area contributed by atoms with E-state index in [4.69, 9.17) is 4.74 Å². The summed E-state index contributed by atoms with van der Waals surface area (Å²) in [7, 11) is 0. The quantitative estimate of drug-likeness (QED) is 0.625. The van der Waals surface area contributed by atoms with Gasteiger partial charge in [0.25, 0.3) is 0 Å². The van der Waals surface area contributed by atoms with Gasteiger partial charge in [0.05, 0.1) is 13.2 Å². The first-order valence-corrected chi connectivity index (χ1v) is 8.82. The highest BCUT2D eigenvalue weighted by atomic mass is 16.5. The number of para-hydroxylation sites is 1. The fourth-order valence-electron chi connectivity index (χ4n) is 2.58. The summed E-state index contributed by atoms with van der Waals surface area (Å²) in [4.78, 5) is 16.0. The Hall–Kier alpha value is -3.41. The minimum Gasteiger partial charge on any atom is -0.493 e. The number of carbonyl (C=O) groups is 1. The second kappa shape index (κ2) is 9.33. The number of rotatable bonds is 8. The number of carbonyl (C=O) groups excluding carboxylic acids is 1. The lowest BCUT2D eigenvalue weighted by molar-refractivity contribution is -0.116. The highest BCUT2D eigenvalue weighted by Crippen LogP contribution is 2.19. The summed E-state index contributed by atoms with van der Waals surface area (Å²) in [5, 5.41) is 6.98. The Labute approximate surface area is 158 Å². The summed E-state index contributed by atoms with van der Waals surface area (Å²) in [6, 6.07) is 15.7. The maximum absolute atomic E-state index is 12.1. The van der Waals surface area contributed by atoms with Crippen LogP contribution in [0.3, 0.4) is 0 Å². The van der Waals surface area contributed by atoms with E-state index < -0.39 is 0 Å². The second-order valence-corrected chi connectivity index (χ2v) is 5.93. The highest BCUT2D eigenvalue weighted by Gasteiger charge is 2.01. The summed E-state index contributed by atoms with van der Waals surface area (Å²) in [6.07, 6.45) is 6.49. The number of hydrogen-bond donors (Lipinski definition) is 1. The van der Waals surface area contributed by atoms with Crippen molar-refractivity contribution in [3.8, 4) is 5.75 Å². The zero-order valence-electron chi connectivity index (χ0n) is 15.2. The third-order valence-electron chi connectivity index (χ3n) is 3.93. The van der Waals surface area contributed by atoms with Crippen molar-refractivity contribution in [3.63, 3.8) is 0 Å². The van der Waals surface area contributed by atoms with Gasteiger partial charge < -0.3 is 10.1 Å². The molecule has 1 amide bonds. The van der Waals surface area contributed by atoms with E-state index in [1.165, 1.54) is 12.4 Å². The van der Waals surface area contributed by atoms with Gasteiger partial charge in [-0.15, -0.1) is 0 Å². The average Bonchev–Trinajstić information content (AvgIpc) is 3.20. The molecular formula is C21H22N4O2. The lowest BCUT2D eigenvalue weighted by atomic mass is 10.1. The Morgan fingerprint density at radius 2 is 1.93 bits per heavy atom. The van der Waals surface area contributed by atoms with Crippen molar-refractivity contribution in [2.45, 2.75) is 20.0 Å². The van der Waals surface area contributed by atoms with Gasteiger partial charge in [0, 0.05) is 18.2 Å². The molecule has 0 saturated carbocycles. The van der Waals surface area contributed by atoms with Crippen LogP contribution in [0.15, 0.2) is 67.3 Å². The summed E-state index contributed by atoms with van der Waals surface area (Å²) in [5.74, 6) is 0.625. The van der Waals surface area contributed by atoms with Crippen LogP contribution >= 0.6 is 0 Å². The van der Waals surface area contributed by atoms with Gasteiger partial charge in [0.2, 0.25) is 5.91 Å². The van der Waals surface area contributed by atoms with Crippen molar-refractivity contribution in [3.05, 3.63) is 84.0 Å². The van der Waals surface area contributed by atoms with E-state index in [0.29, 0.717) is 19.7 Å². The molecule has 0 aliphatic rings. The monoisotopic (exact) mass is 362 g/mol. The Balaban J connectivity index is 1.51. The van der Waals surface area contributed by atoms with Gasteiger partial charge in [-0.2, -0.15) is 5.10 Å². The van der Waals surface area contributed by atoms with Crippen LogP contribution in [0.2, 0.25) is 0 Å². The fraction of sp³-hybridized carbons (Fsp3) is 0.190. The van der Waals surface area contributed by atoms with Crippen molar-refractivity contribution in [1.82, 2.24) is 20.1 Å². The zero-order chi connectivity index (χ0) is 18.9. The maximum Gasteiger partial charge on any atom is 0.244 e. The Morgan fingerprint density at radius 1 is 1.15 bits per heavy atom. The van der Waals surface area contributed by atoms with E-state index >= 15 is 0 Å². The molecule has 6 nitrogen and oxygen atoms in total. The van der Waals surface area contributed by atoms with Crippen LogP contribution in [0.25, 0.3) is 6.08 Å². The number of aromatic nitrogens is 3. The third-order valence-corrected chi connectivity index (χ3v) is 3.93. The van der Waals surface area contributed by atoms with E-state index in [9.17, 15) is 4.79 Å². The Morgan fingerprint density at radius 3 is 2.67 bits per heavy atom. The van der Waals surface area contributed by atoms with Crippen LogP contribution < -0.4 is 10.1 Å². The van der Waals surface area contributed by atoms with Crippen molar-refractivity contribution in [1.29, 1.82) is 0 Å². The van der Waals surface area contributed by atoms with E-state index in [-0.39, 0.29) is 5.91 Å². The summed E-state index contributed by atoms with van der Waals surface area (Å²) in [6.45, 7) is 3.67. The first-order valence-electron chi connectivity index (χ1n) is 8.82. The molecule has 138 valence electrons. The molecule has 1 aromatic heterocycles. The van der Waals surface area contributed by atoms with Crippen molar-refractivity contribution in [2.24, 2.45) is 0 Å². The summed E-state index contributed by atoms with van der Waals surface area (Å²) >= 11 is 0. The zero-order valence-corrected chi connectivity index (χ0v) is 15.2. The number of nitrogens with zero attached hydrogens (tertiary/aromatic N) is 3. The van der Waals surface area contributed by atoms with Gasteiger partial charge in [-0.25, -0.2) is 9.67 Å². The predicted octanol–water partition coefficient (Wildman–Crippen LogP) is 3.05. The molecule has 2 aromatic carbocycles. The lowest BCUT2D eigenvalue weighted by Crippen LogP contribution is -2.20. The standard InChI is InChI=1S/C21H22N4O2/c1-2-27-20-6-4-3-5-19(20)11-12-21(26)23-13-17-7-9-18(10-8-17)14-25-16-22-15-24-25/h3-12,15-16H,2,13-14H2,1H3,(H,23,26)/b12-11+. The third kappa shape index (κ3) is 5.54. The van der Waals surface area contributed by atoms with Gasteiger partial charge in [-0.1, -0.05) is 42.5 Å². The van der Waals surface area contributed by atoms with Gasteiger partial charge in [0.15, 0.2) is 0 Å². The number of amides is 1. The van der Waals surface area contributed by atoms with Crippen LogP contribution in [0.1, 0.15) is 23.6 Å².